The zero-order valence-corrected chi connectivity index (χ0v) is 18.3. The van der Waals surface area contributed by atoms with Crippen LogP contribution in [0.4, 0.5) is 0 Å². The molecule has 30 heavy (non-hydrogen) atoms. The van der Waals surface area contributed by atoms with E-state index in [0.717, 1.165) is 36.0 Å². The number of ether oxygens (including phenoxy) is 3. The van der Waals surface area contributed by atoms with Crippen molar-refractivity contribution in [3.05, 3.63) is 52.6 Å². The van der Waals surface area contributed by atoms with Gasteiger partial charge in [0.25, 0.3) is 0 Å². The second-order valence-electron chi connectivity index (χ2n) is 9.24. The highest BCUT2D eigenvalue weighted by molar-refractivity contribution is 5.95. The van der Waals surface area contributed by atoms with Gasteiger partial charge in [-0.2, -0.15) is 0 Å². The van der Waals surface area contributed by atoms with Crippen molar-refractivity contribution in [1.82, 2.24) is 0 Å². The number of hydrogen-bond donors (Lipinski definition) is 1. The molecule has 1 unspecified atom stereocenters. The average Bonchev–Trinajstić information content (AvgIpc) is 3.21. The smallest absolute Gasteiger partial charge is 0.339 e. The van der Waals surface area contributed by atoms with Crippen molar-refractivity contribution in [1.29, 1.82) is 0 Å². The first kappa shape index (κ1) is 21.3. The number of esters is 1. The van der Waals surface area contributed by atoms with E-state index in [1.54, 1.807) is 6.08 Å². The molecule has 2 aliphatic heterocycles. The number of hydrogen-bond acceptors (Lipinski definition) is 5. The molecule has 1 aromatic carbocycles. The van der Waals surface area contributed by atoms with Crippen LogP contribution >= 0.6 is 0 Å². The van der Waals surface area contributed by atoms with Gasteiger partial charge in [-0.1, -0.05) is 42.0 Å². The molecule has 1 aliphatic carbocycles. The average molecular weight is 413 g/mol. The van der Waals surface area contributed by atoms with Crippen molar-refractivity contribution in [2.24, 2.45) is 5.92 Å². The topological polar surface area (TPSA) is 65.0 Å². The molecule has 0 radical (unpaired) electrons. The van der Waals surface area contributed by atoms with Crippen molar-refractivity contribution >= 4 is 12.0 Å². The summed E-state index contributed by atoms with van der Waals surface area (Å²) < 4.78 is 18.0. The van der Waals surface area contributed by atoms with Crippen molar-refractivity contribution in [2.45, 2.75) is 83.6 Å². The Hall–Kier alpha value is -1.95. The van der Waals surface area contributed by atoms with Crippen molar-refractivity contribution in [2.75, 3.05) is 0 Å². The van der Waals surface area contributed by atoms with Crippen LogP contribution in [0.25, 0.3) is 6.08 Å². The molecule has 1 N–H and O–H groups in total. The highest BCUT2D eigenvalue weighted by Crippen LogP contribution is 2.35. The lowest BCUT2D eigenvalue weighted by Crippen LogP contribution is -2.34. The number of aliphatic hydroxyl groups is 1. The second kappa shape index (κ2) is 8.29. The van der Waals surface area contributed by atoms with Gasteiger partial charge >= 0.3 is 5.97 Å². The summed E-state index contributed by atoms with van der Waals surface area (Å²) >= 11 is 0. The van der Waals surface area contributed by atoms with Gasteiger partial charge in [0.05, 0.1) is 11.7 Å². The molecule has 0 spiro atoms. The Balaban J connectivity index is 1.73. The summed E-state index contributed by atoms with van der Waals surface area (Å²) in [6, 6.07) is 4.03. The SMILES string of the molecule is Cc1cc(C)c2c(c1)/C=C/C[C@@H]1OC(C)(C)O[C@@H]1C(O)/C=C\[C@@H]1CCC[C@H]1OC2=O. The van der Waals surface area contributed by atoms with Crippen LogP contribution in [-0.2, 0) is 14.2 Å². The summed E-state index contributed by atoms with van der Waals surface area (Å²) in [5, 5.41) is 10.8. The van der Waals surface area contributed by atoms with Crippen LogP contribution in [0.1, 0.15) is 66.6 Å². The van der Waals surface area contributed by atoms with Gasteiger partial charge in [0.1, 0.15) is 18.3 Å². The van der Waals surface area contributed by atoms with E-state index in [1.165, 1.54) is 0 Å². The maximum Gasteiger partial charge on any atom is 0.339 e. The number of aliphatic hydroxyl groups excluding tert-OH is 1. The van der Waals surface area contributed by atoms with Gasteiger partial charge in [0, 0.05) is 5.92 Å². The molecule has 5 atom stereocenters. The van der Waals surface area contributed by atoms with E-state index >= 15 is 0 Å². The fourth-order valence-corrected chi connectivity index (χ4v) is 4.96. The molecule has 162 valence electrons. The fraction of sp³-hybridized carbons (Fsp3) is 0.560. The van der Waals surface area contributed by atoms with E-state index in [9.17, 15) is 9.90 Å². The minimum absolute atomic E-state index is 0.102. The molecule has 0 aromatic heterocycles. The van der Waals surface area contributed by atoms with Crippen molar-refractivity contribution in [3.8, 4) is 0 Å². The molecule has 1 saturated carbocycles. The molecule has 0 amide bonds. The van der Waals surface area contributed by atoms with Crippen LogP contribution in [0.3, 0.4) is 0 Å². The van der Waals surface area contributed by atoms with Gasteiger partial charge in [0.15, 0.2) is 5.79 Å². The molecular formula is C25H32O5. The van der Waals surface area contributed by atoms with Crippen LogP contribution in [-0.4, -0.2) is 41.3 Å². The number of aryl methyl sites for hydroxylation is 2. The lowest BCUT2D eigenvalue weighted by Gasteiger charge is -2.22. The zero-order chi connectivity index (χ0) is 21.5. The van der Waals surface area contributed by atoms with Gasteiger partial charge in [-0.25, -0.2) is 4.79 Å². The third-order valence-electron chi connectivity index (χ3n) is 6.26. The molecule has 3 aliphatic rings. The predicted molar refractivity (Wildman–Crippen MR) is 115 cm³/mol. The number of rotatable bonds is 0. The van der Waals surface area contributed by atoms with E-state index in [-0.39, 0.29) is 24.1 Å². The van der Waals surface area contributed by atoms with E-state index < -0.39 is 18.0 Å². The maximum absolute atomic E-state index is 13.1. The highest BCUT2D eigenvalue weighted by atomic mass is 16.8. The molecule has 0 bridgehead atoms. The van der Waals surface area contributed by atoms with E-state index in [4.69, 9.17) is 14.2 Å². The highest BCUT2D eigenvalue weighted by Gasteiger charge is 2.43. The summed E-state index contributed by atoms with van der Waals surface area (Å²) in [7, 11) is 0. The molecule has 1 aromatic rings. The van der Waals surface area contributed by atoms with Crippen LogP contribution in [0, 0.1) is 19.8 Å². The number of carbonyl (C=O) groups is 1. The number of fused-ring (bicyclic) bond motifs is 3. The van der Waals surface area contributed by atoms with Gasteiger partial charge in [-0.15, -0.1) is 0 Å². The molecular weight excluding hydrogens is 380 g/mol. The largest absolute Gasteiger partial charge is 0.458 e. The Labute approximate surface area is 178 Å². The van der Waals surface area contributed by atoms with Gasteiger partial charge in [0.2, 0.25) is 0 Å². The van der Waals surface area contributed by atoms with Crippen LogP contribution in [0.15, 0.2) is 30.4 Å². The molecule has 2 fully saturated rings. The molecule has 1 saturated heterocycles. The third kappa shape index (κ3) is 4.39. The summed E-state index contributed by atoms with van der Waals surface area (Å²) in [5.74, 6) is -0.911. The molecule has 5 nitrogen and oxygen atoms in total. The standard InChI is InChI=1S/C25H32O5/c1-15-13-16(2)22-18(14-15)8-6-10-21-23(30-25(3,4)29-21)19(26)12-11-17-7-5-9-20(17)28-24(22)27/h6,8,11-14,17,19-21,23,26H,5,7,9-10H2,1-4H3/b8-6+,12-11-/t17-,19?,20+,21-,23+/m0/s1. The third-order valence-corrected chi connectivity index (χ3v) is 6.26. The normalized spacial score (nSPS) is 35.5. The molecule has 5 heteroatoms. The summed E-state index contributed by atoms with van der Waals surface area (Å²) in [4.78, 5) is 13.1. The molecule has 2 heterocycles. The minimum Gasteiger partial charge on any atom is -0.458 e. The van der Waals surface area contributed by atoms with Gasteiger partial charge in [-0.05, 0) is 64.5 Å². The first-order valence-corrected chi connectivity index (χ1v) is 10.9. The minimum atomic E-state index is -0.776. The summed E-state index contributed by atoms with van der Waals surface area (Å²) in [6.45, 7) is 7.73. The van der Waals surface area contributed by atoms with E-state index in [2.05, 4.69) is 0 Å². The predicted octanol–water partition coefficient (Wildman–Crippen LogP) is 4.48. The fourth-order valence-electron chi connectivity index (χ4n) is 4.96. The first-order valence-electron chi connectivity index (χ1n) is 10.9. The van der Waals surface area contributed by atoms with Crippen LogP contribution in [0.2, 0.25) is 0 Å². The Kier molecular flexibility index (Phi) is 5.88. The van der Waals surface area contributed by atoms with Crippen LogP contribution in [0.5, 0.6) is 0 Å². The number of carbonyl (C=O) groups excluding carboxylic acids is 1. The van der Waals surface area contributed by atoms with Crippen LogP contribution < -0.4 is 0 Å². The van der Waals surface area contributed by atoms with Crippen molar-refractivity contribution in [3.63, 3.8) is 0 Å². The lowest BCUT2D eigenvalue weighted by atomic mass is 9.96. The van der Waals surface area contributed by atoms with E-state index in [0.29, 0.717) is 12.0 Å². The quantitative estimate of drug-likeness (QED) is 0.503. The lowest BCUT2D eigenvalue weighted by molar-refractivity contribution is -0.152. The van der Waals surface area contributed by atoms with Gasteiger partial charge in [-0.3, -0.25) is 0 Å². The summed E-state index contributed by atoms with van der Waals surface area (Å²) in [5.41, 5.74) is 3.51. The number of benzene rings is 1. The Morgan fingerprint density at radius 3 is 2.67 bits per heavy atom. The Morgan fingerprint density at radius 1 is 1.07 bits per heavy atom. The van der Waals surface area contributed by atoms with E-state index in [1.807, 2.05) is 58.1 Å². The van der Waals surface area contributed by atoms with Crippen molar-refractivity contribution < 1.29 is 24.1 Å². The zero-order valence-electron chi connectivity index (χ0n) is 18.3. The maximum atomic E-state index is 13.1. The Morgan fingerprint density at radius 2 is 1.87 bits per heavy atom. The summed E-state index contributed by atoms with van der Waals surface area (Å²) in [6.07, 6.45) is 9.44. The second-order valence-corrected chi connectivity index (χ2v) is 9.24. The molecule has 4 rings (SSSR count). The Bertz CT molecular complexity index is 869. The monoisotopic (exact) mass is 412 g/mol. The van der Waals surface area contributed by atoms with Gasteiger partial charge < -0.3 is 19.3 Å². The first-order chi connectivity index (χ1) is 14.2.